The number of anilines is 1. The van der Waals surface area contributed by atoms with Crippen molar-refractivity contribution >= 4 is 29.7 Å². The molecule has 0 spiro atoms. The topological polar surface area (TPSA) is 88.0 Å². The highest BCUT2D eigenvalue weighted by molar-refractivity contribution is 6.11. The van der Waals surface area contributed by atoms with Crippen molar-refractivity contribution in [2.75, 3.05) is 5.32 Å². The zero-order valence-electron chi connectivity index (χ0n) is 15.9. The van der Waals surface area contributed by atoms with Gasteiger partial charge in [0, 0.05) is 5.69 Å². The Morgan fingerprint density at radius 3 is 2.27 bits per heavy atom. The molecule has 0 aliphatic carbocycles. The van der Waals surface area contributed by atoms with Gasteiger partial charge in [-0.3, -0.25) is 9.59 Å². The molecule has 0 saturated carbocycles. The third-order valence-corrected chi connectivity index (χ3v) is 4.50. The Morgan fingerprint density at radius 1 is 0.933 bits per heavy atom. The number of nitrogens with one attached hydrogen (secondary N) is 1. The summed E-state index contributed by atoms with van der Waals surface area (Å²) in [4.78, 5) is 26.8. The monoisotopic (exact) mass is 398 g/mol. The van der Waals surface area contributed by atoms with Gasteiger partial charge in [-0.25, -0.2) is 0 Å². The van der Waals surface area contributed by atoms with Crippen LogP contribution >= 0.6 is 0 Å². The summed E-state index contributed by atoms with van der Waals surface area (Å²) in [6, 6.07) is 24.7. The molecule has 1 amide bonds. The van der Waals surface area contributed by atoms with Gasteiger partial charge in [0.15, 0.2) is 5.76 Å². The normalized spacial score (nSPS) is 14.3. The third kappa shape index (κ3) is 4.62. The summed E-state index contributed by atoms with van der Waals surface area (Å²) in [7, 11) is 0. The first kappa shape index (κ1) is 19.1. The van der Waals surface area contributed by atoms with E-state index in [0.717, 1.165) is 16.7 Å². The molecule has 1 aliphatic heterocycles. The molecule has 4 rings (SSSR count). The maximum absolute atomic E-state index is 12.2. The fourth-order valence-electron chi connectivity index (χ4n) is 3.02. The first-order valence-corrected chi connectivity index (χ1v) is 9.33. The molecule has 0 unspecified atom stereocenters. The fraction of sp³-hybridized carbons (Fsp3) is 0.0417. The van der Waals surface area contributed by atoms with E-state index in [1.54, 1.807) is 30.3 Å². The van der Waals surface area contributed by atoms with Crippen molar-refractivity contribution in [2.24, 2.45) is 4.99 Å². The molecular formula is C24H18N2O4. The Morgan fingerprint density at radius 2 is 1.60 bits per heavy atom. The van der Waals surface area contributed by atoms with E-state index in [-0.39, 0.29) is 18.2 Å². The smallest absolute Gasteiger partial charge is 0.317 e. The SMILES string of the molecule is O=C(O)Cc1ccc(NC2=NC(=O)/C(=C\c3ccc(-c4ccccc4)cc3)O2)cc1. The van der Waals surface area contributed by atoms with Crippen LogP contribution in [-0.4, -0.2) is 23.0 Å². The van der Waals surface area contributed by atoms with Gasteiger partial charge in [0.1, 0.15) is 0 Å². The standard InChI is InChI=1S/C24H18N2O4/c27-22(28)15-17-8-12-20(13-9-17)25-24-26-23(29)21(30-24)14-16-6-10-19(11-7-16)18-4-2-1-3-5-18/h1-14H,15H2,(H,27,28)(H,25,26,29)/b21-14+. The van der Waals surface area contributed by atoms with E-state index in [0.29, 0.717) is 11.3 Å². The summed E-state index contributed by atoms with van der Waals surface area (Å²) in [5, 5.41) is 11.7. The number of carboxylic acids is 1. The largest absolute Gasteiger partial charge is 0.481 e. The van der Waals surface area contributed by atoms with Crippen molar-refractivity contribution < 1.29 is 19.4 Å². The second kappa shape index (κ2) is 8.45. The number of hydrogen-bond acceptors (Lipinski definition) is 4. The number of hydrogen-bond donors (Lipinski definition) is 2. The fourth-order valence-corrected chi connectivity index (χ4v) is 3.02. The molecular weight excluding hydrogens is 380 g/mol. The minimum absolute atomic E-state index is 0.0494. The maximum Gasteiger partial charge on any atom is 0.317 e. The number of carbonyl (C=O) groups excluding carboxylic acids is 1. The Kier molecular flexibility index (Phi) is 5.39. The van der Waals surface area contributed by atoms with Gasteiger partial charge in [0.2, 0.25) is 0 Å². The lowest BCUT2D eigenvalue weighted by atomic mass is 10.0. The number of carboxylic acid groups (broad SMARTS) is 1. The lowest BCUT2D eigenvalue weighted by molar-refractivity contribution is -0.136. The number of amides is 1. The summed E-state index contributed by atoms with van der Waals surface area (Å²) in [5.41, 5.74) is 4.35. The predicted molar refractivity (Wildman–Crippen MR) is 115 cm³/mol. The number of aliphatic imine (C=N–C) groups is 1. The van der Waals surface area contributed by atoms with Crippen molar-refractivity contribution in [3.8, 4) is 11.1 Å². The summed E-state index contributed by atoms with van der Waals surface area (Å²) >= 11 is 0. The van der Waals surface area contributed by atoms with Gasteiger partial charge in [0.05, 0.1) is 6.42 Å². The first-order valence-electron chi connectivity index (χ1n) is 9.33. The lowest BCUT2D eigenvalue weighted by Crippen LogP contribution is -2.11. The molecule has 6 nitrogen and oxygen atoms in total. The van der Waals surface area contributed by atoms with Gasteiger partial charge >= 0.3 is 17.9 Å². The molecule has 1 heterocycles. The molecule has 2 N–H and O–H groups in total. The number of ether oxygens (including phenoxy) is 1. The molecule has 0 radical (unpaired) electrons. The van der Waals surface area contributed by atoms with Crippen LogP contribution < -0.4 is 5.32 Å². The van der Waals surface area contributed by atoms with Crippen LogP contribution in [0.5, 0.6) is 0 Å². The number of carbonyl (C=O) groups is 2. The third-order valence-electron chi connectivity index (χ3n) is 4.50. The first-order chi connectivity index (χ1) is 14.6. The molecule has 3 aromatic carbocycles. The number of rotatable bonds is 5. The number of benzene rings is 3. The maximum atomic E-state index is 12.2. The quantitative estimate of drug-likeness (QED) is 0.624. The molecule has 0 bridgehead atoms. The van der Waals surface area contributed by atoms with Crippen LogP contribution in [0.1, 0.15) is 11.1 Å². The molecule has 148 valence electrons. The van der Waals surface area contributed by atoms with Gasteiger partial charge in [-0.15, -0.1) is 0 Å². The van der Waals surface area contributed by atoms with Gasteiger partial charge in [-0.1, -0.05) is 66.7 Å². The highest BCUT2D eigenvalue weighted by Gasteiger charge is 2.23. The molecule has 30 heavy (non-hydrogen) atoms. The van der Waals surface area contributed by atoms with Crippen LogP contribution in [0.2, 0.25) is 0 Å². The summed E-state index contributed by atoms with van der Waals surface area (Å²) < 4.78 is 5.55. The molecule has 6 heteroatoms. The van der Waals surface area contributed by atoms with E-state index >= 15 is 0 Å². The van der Waals surface area contributed by atoms with Crippen molar-refractivity contribution in [3.63, 3.8) is 0 Å². The zero-order valence-corrected chi connectivity index (χ0v) is 15.9. The summed E-state index contributed by atoms with van der Waals surface area (Å²) in [5.74, 6) is -1.23. The Labute approximate surface area is 173 Å². The van der Waals surface area contributed by atoms with Crippen LogP contribution in [0.25, 0.3) is 17.2 Å². The van der Waals surface area contributed by atoms with E-state index in [9.17, 15) is 9.59 Å². The van der Waals surface area contributed by atoms with Crippen LogP contribution in [-0.2, 0) is 20.7 Å². The summed E-state index contributed by atoms with van der Waals surface area (Å²) in [6.07, 6.45) is 1.59. The Balaban J connectivity index is 1.42. The van der Waals surface area contributed by atoms with Crippen LogP contribution in [0, 0.1) is 0 Å². The van der Waals surface area contributed by atoms with E-state index < -0.39 is 11.9 Å². The van der Waals surface area contributed by atoms with Crippen molar-refractivity contribution in [1.29, 1.82) is 0 Å². The minimum Gasteiger partial charge on any atom is -0.481 e. The molecule has 1 aliphatic rings. The molecule has 3 aromatic rings. The highest BCUT2D eigenvalue weighted by Crippen LogP contribution is 2.22. The van der Waals surface area contributed by atoms with E-state index in [2.05, 4.69) is 10.3 Å². The predicted octanol–water partition coefficient (Wildman–Crippen LogP) is 4.35. The number of amidine groups is 1. The molecule has 0 saturated heterocycles. The van der Waals surface area contributed by atoms with E-state index in [4.69, 9.17) is 9.84 Å². The zero-order chi connectivity index (χ0) is 20.9. The van der Waals surface area contributed by atoms with Crippen LogP contribution in [0.15, 0.2) is 89.6 Å². The molecule has 0 fully saturated rings. The van der Waals surface area contributed by atoms with Gasteiger partial charge in [-0.05, 0) is 40.5 Å². The molecule has 0 aromatic heterocycles. The van der Waals surface area contributed by atoms with Crippen LogP contribution in [0.4, 0.5) is 5.69 Å². The second-order valence-corrected chi connectivity index (χ2v) is 6.71. The minimum atomic E-state index is -0.892. The lowest BCUT2D eigenvalue weighted by Gasteiger charge is -2.06. The van der Waals surface area contributed by atoms with Crippen LogP contribution in [0.3, 0.4) is 0 Å². The van der Waals surface area contributed by atoms with Gasteiger partial charge in [0.25, 0.3) is 0 Å². The second-order valence-electron chi connectivity index (χ2n) is 6.71. The summed E-state index contributed by atoms with van der Waals surface area (Å²) in [6.45, 7) is 0. The molecule has 0 atom stereocenters. The van der Waals surface area contributed by atoms with Gasteiger partial charge in [-0.2, -0.15) is 4.99 Å². The Hall–Kier alpha value is -4.19. The average Bonchev–Trinajstić information content (AvgIpc) is 3.09. The Bertz CT molecular complexity index is 1130. The van der Waals surface area contributed by atoms with Crippen molar-refractivity contribution in [1.82, 2.24) is 0 Å². The van der Waals surface area contributed by atoms with Crippen molar-refractivity contribution in [3.05, 3.63) is 95.7 Å². The number of aliphatic carboxylic acids is 1. The number of nitrogens with zero attached hydrogens (tertiary/aromatic N) is 1. The van der Waals surface area contributed by atoms with Crippen molar-refractivity contribution in [2.45, 2.75) is 6.42 Å². The van der Waals surface area contributed by atoms with E-state index in [1.165, 1.54) is 0 Å². The highest BCUT2D eigenvalue weighted by atomic mass is 16.5. The van der Waals surface area contributed by atoms with E-state index in [1.807, 2.05) is 54.6 Å². The van der Waals surface area contributed by atoms with Gasteiger partial charge < -0.3 is 15.2 Å². The average molecular weight is 398 g/mol.